The van der Waals surface area contributed by atoms with Gasteiger partial charge in [-0.1, -0.05) is 6.92 Å². The van der Waals surface area contributed by atoms with Crippen molar-refractivity contribution in [2.75, 3.05) is 41.0 Å². The Morgan fingerprint density at radius 3 is 2.12 bits per heavy atom. The lowest BCUT2D eigenvalue weighted by atomic mass is 9.99. The molecule has 1 heterocycles. The smallest absolute Gasteiger partial charge is 0.342 e. The number of methoxy groups -OCH3 is 3. The van der Waals surface area contributed by atoms with Crippen LogP contribution in [0.4, 0.5) is 0 Å². The van der Waals surface area contributed by atoms with Crippen molar-refractivity contribution < 1.29 is 28.5 Å². The summed E-state index contributed by atoms with van der Waals surface area (Å²) >= 11 is 0. The number of hydrogen-bond acceptors (Lipinski definition) is 6. The van der Waals surface area contributed by atoms with Crippen LogP contribution in [0, 0.1) is 5.92 Å². The summed E-state index contributed by atoms with van der Waals surface area (Å²) in [6.45, 7) is 3.30. The fraction of sp³-hybridized carbons (Fsp3) is 0.556. The molecular formula is C18H25NO6. The quantitative estimate of drug-likeness (QED) is 0.731. The zero-order valence-electron chi connectivity index (χ0n) is 15.2. The molecule has 25 heavy (non-hydrogen) atoms. The summed E-state index contributed by atoms with van der Waals surface area (Å²) in [6.07, 6.45) is 1.95. The van der Waals surface area contributed by atoms with Crippen LogP contribution >= 0.6 is 0 Å². The Labute approximate surface area is 147 Å². The zero-order valence-corrected chi connectivity index (χ0v) is 15.2. The van der Waals surface area contributed by atoms with Crippen molar-refractivity contribution in [3.63, 3.8) is 0 Å². The van der Waals surface area contributed by atoms with Crippen LogP contribution < -0.4 is 14.2 Å². The van der Waals surface area contributed by atoms with Crippen molar-refractivity contribution in [1.29, 1.82) is 0 Å². The van der Waals surface area contributed by atoms with E-state index in [0.29, 0.717) is 36.3 Å². The van der Waals surface area contributed by atoms with E-state index in [1.54, 1.807) is 11.0 Å². The average molecular weight is 351 g/mol. The first-order valence-electron chi connectivity index (χ1n) is 8.25. The van der Waals surface area contributed by atoms with Crippen molar-refractivity contribution in [2.45, 2.75) is 19.8 Å². The van der Waals surface area contributed by atoms with Crippen LogP contribution in [0.2, 0.25) is 0 Å². The van der Waals surface area contributed by atoms with E-state index >= 15 is 0 Å². The summed E-state index contributed by atoms with van der Waals surface area (Å²) in [5, 5.41) is 0. The monoisotopic (exact) mass is 351 g/mol. The molecule has 1 aliphatic heterocycles. The minimum absolute atomic E-state index is 0.181. The minimum atomic E-state index is -0.642. The molecule has 0 radical (unpaired) electrons. The van der Waals surface area contributed by atoms with Crippen molar-refractivity contribution >= 4 is 11.9 Å². The number of piperidine rings is 1. The molecule has 0 spiro atoms. The standard InChI is InChI=1S/C18H25NO6/c1-12-5-7-19(8-6-12)17(20)11-25-18(21)13-9-15(23-3)16(24-4)10-14(13)22-2/h9-10,12H,5-8,11H2,1-4H3. The highest BCUT2D eigenvalue weighted by Gasteiger charge is 2.23. The number of benzene rings is 1. The third-order valence-corrected chi connectivity index (χ3v) is 4.39. The molecule has 1 aliphatic rings. The van der Waals surface area contributed by atoms with Gasteiger partial charge in [0, 0.05) is 25.2 Å². The Hall–Kier alpha value is -2.44. The Balaban J connectivity index is 2.03. The van der Waals surface area contributed by atoms with Gasteiger partial charge in [-0.15, -0.1) is 0 Å². The first-order chi connectivity index (χ1) is 12.0. The van der Waals surface area contributed by atoms with E-state index in [4.69, 9.17) is 18.9 Å². The molecule has 7 heteroatoms. The van der Waals surface area contributed by atoms with Crippen LogP contribution in [0.1, 0.15) is 30.1 Å². The van der Waals surface area contributed by atoms with E-state index in [2.05, 4.69) is 6.92 Å². The number of rotatable bonds is 6. The molecule has 0 aromatic heterocycles. The van der Waals surface area contributed by atoms with E-state index in [9.17, 15) is 9.59 Å². The highest BCUT2D eigenvalue weighted by molar-refractivity contribution is 5.95. The van der Waals surface area contributed by atoms with Crippen LogP contribution in [-0.4, -0.2) is 57.8 Å². The Kier molecular flexibility index (Phi) is 6.50. The molecule has 0 unspecified atom stereocenters. The minimum Gasteiger partial charge on any atom is -0.496 e. The zero-order chi connectivity index (χ0) is 18.4. The van der Waals surface area contributed by atoms with E-state index in [1.807, 2.05) is 0 Å². The Bertz CT molecular complexity index is 622. The maximum Gasteiger partial charge on any atom is 0.342 e. The summed E-state index contributed by atoms with van der Waals surface area (Å²) in [7, 11) is 4.41. The van der Waals surface area contributed by atoms with Gasteiger partial charge in [-0.05, 0) is 18.8 Å². The third-order valence-electron chi connectivity index (χ3n) is 4.39. The van der Waals surface area contributed by atoms with Crippen LogP contribution in [0.25, 0.3) is 0 Å². The molecule has 138 valence electrons. The van der Waals surface area contributed by atoms with Gasteiger partial charge in [0.1, 0.15) is 11.3 Å². The largest absolute Gasteiger partial charge is 0.496 e. The molecule has 0 bridgehead atoms. The number of ether oxygens (including phenoxy) is 4. The second-order valence-electron chi connectivity index (χ2n) is 6.05. The molecule has 0 saturated carbocycles. The van der Waals surface area contributed by atoms with E-state index in [-0.39, 0.29) is 18.1 Å². The molecule has 0 aliphatic carbocycles. The predicted octanol–water partition coefficient (Wildman–Crippen LogP) is 2.13. The number of amides is 1. The summed E-state index contributed by atoms with van der Waals surface area (Å²) in [4.78, 5) is 26.3. The highest BCUT2D eigenvalue weighted by Crippen LogP contribution is 2.34. The molecule has 1 aromatic carbocycles. The van der Waals surface area contributed by atoms with Crippen LogP contribution in [0.3, 0.4) is 0 Å². The Morgan fingerprint density at radius 2 is 1.56 bits per heavy atom. The maximum atomic E-state index is 12.4. The molecule has 0 atom stereocenters. The van der Waals surface area contributed by atoms with Gasteiger partial charge in [-0.3, -0.25) is 4.79 Å². The summed E-state index contributed by atoms with van der Waals surface area (Å²) in [6, 6.07) is 3.02. The Morgan fingerprint density at radius 1 is 1.00 bits per heavy atom. The lowest BCUT2D eigenvalue weighted by Crippen LogP contribution is -2.40. The van der Waals surface area contributed by atoms with Gasteiger partial charge in [0.15, 0.2) is 18.1 Å². The molecule has 7 nitrogen and oxygen atoms in total. The van der Waals surface area contributed by atoms with Crippen molar-refractivity contribution in [1.82, 2.24) is 4.90 Å². The van der Waals surface area contributed by atoms with E-state index in [1.165, 1.54) is 27.4 Å². The van der Waals surface area contributed by atoms with Gasteiger partial charge in [-0.25, -0.2) is 4.79 Å². The molecule has 1 amide bonds. The van der Waals surface area contributed by atoms with E-state index in [0.717, 1.165) is 12.8 Å². The average Bonchev–Trinajstić information content (AvgIpc) is 2.65. The number of nitrogens with zero attached hydrogens (tertiary/aromatic N) is 1. The van der Waals surface area contributed by atoms with Crippen molar-refractivity contribution in [2.24, 2.45) is 5.92 Å². The first-order valence-corrected chi connectivity index (χ1v) is 8.25. The lowest BCUT2D eigenvalue weighted by Gasteiger charge is -2.30. The maximum absolute atomic E-state index is 12.4. The fourth-order valence-corrected chi connectivity index (χ4v) is 2.74. The molecule has 2 rings (SSSR count). The predicted molar refractivity (Wildman–Crippen MR) is 91.4 cm³/mol. The number of hydrogen-bond donors (Lipinski definition) is 0. The van der Waals surface area contributed by atoms with Crippen molar-refractivity contribution in [3.05, 3.63) is 17.7 Å². The van der Waals surface area contributed by atoms with Gasteiger partial charge in [0.25, 0.3) is 5.91 Å². The van der Waals surface area contributed by atoms with Gasteiger partial charge in [0.2, 0.25) is 0 Å². The highest BCUT2D eigenvalue weighted by atomic mass is 16.5. The summed E-state index contributed by atoms with van der Waals surface area (Å²) in [5.41, 5.74) is 0.181. The summed E-state index contributed by atoms with van der Waals surface area (Å²) < 4.78 is 20.8. The van der Waals surface area contributed by atoms with Gasteiger partial charge < -0.3 is 23.8 Å². The third kappa shape index (κ3) is 4.55. The van der Waals surface area contributed by atoms with Crippen LogP contribution in [0.5, 0.6) is 17.2 Å². The van der Waals surface area contributed by atoms with Gasteiger partial charge in [-0.2, -0.15) is 0 Å². The number of esters is 1. The molecule has 1 aromatic rings. The summed E-state index contributed by atoms with van der Waals surface area (Å²) in [5.74, 6) is 0.918. The molecular weight excluding hydrogens is 326 g/mol. The van der Waals surface area contributed by atoms with E-state index < -0.39 is 5.97 Å². The lowest BCUT2D eigenvalue weighted by molar-refractivity contribution is -0.135. The SMILES string of the molecule is COc1cc(OC)c(C(=O)OCC(=O)N2CCC(C)CC2)cc1OC. The van der Waals surface area contributed by atoms with Gasteiger partial charge in [0.05, 0.1) is 21.3 Å². The van der Waals surface area contributed by atoms with Crippen molar-refractivity contribution in [3.8, 4) is 17.2 Å². The molecule has 0 N–H and O–H groups in total. The molecule has 1 saturated heterocycles. The fourth-order valence-electron chi connectivity index (χ4n) is 2.74. The number of likely N-dealkylation sites (tertiary alicyclic amines) is 1. The first kappa shape index (κ1) is 18.9. The second kappa shape index (κ2) is 8.60. The van der Waals surface area contributed by atoms with Gasteiger partial charge >= 0.3 is 5.97 Å². The van der Waals surface area contributed by atoms with Crippen LogP contribution in [0.15, 0.2) is 12.1 Å². The topological polar surface area (TPSA) is 74.3 Å². The van der Waals surface area contributed by atoms with Crippen LogP contribution in [-0.2, 0) is 9.53 Å². The second-order valence-corrected chi connectivity index (χ2v) is 6.05. The molecule has 1 fully saturated rings. The number of carbonyl (C=O) groups excluding carboxylic acids is 2. The normalized spacial score (nSPS) is 14.8. The number of carbonyl (C=O) groups is 2.